The van der Waals surface area contributed by atoms with E-state index in [9.17, 15) is 26.3 Å². The molecular weight excluding hydrogens is 452 g/mol. The smallest absolute Gasteiger partial charge is 0.418 e. The summed E-state index contributed by atoms with van der Waals surface area (Å²) in [5.74, 6) is 0.146. The molecule has 3 aromatic heterocycles. The van der Waals surface area contributed by atoms with E-state index in [0.717, 1.165) is 18.2 Å². The molecule has 4 aromatic rings. The lowest BCUT2D eigenvalue weighted by Crippen LogP contribution is -2.09. The first-order valence-electron chi connectivity index (χ1n) is 9.26. The van der Waals surface area contributed by atoms with E-state index < -0.39 is 23.5 Å². The van der Waals surface area contributed by atoms with Gasteiger partial charge in [-0.15, -0.1) is 0 Å². The average Bonchev–Trinajstić information content (AvgIpc) is 2.77. The second-order valence-electron chi connectivity index (χ2n) is 6.72. The van der Waals surface area contributed by atoms with Crippen molar-refractivity contribution < 1.29 is 31.1 Å². The number of alkyl halides is 6. The van der Waals surface area contributed by atoms with Crippen LogP contribution in [0, 0.1) is 0 Å². The van der Waals surface area contributed by atoms with E-state index in [0.29, 0.717) is 11.1 Å². The first kappa shape index (κ1) is 22.2. The Kier molecular flexibility index (Phi) is 5.52. The Labute approximate surface area is 182 Å². The third kappa shape index (κ3) is 4.64. The SMILES string of the molecule is COc1nc(Nc2ccc(C(F)(F)F)cc2)c2ccc(-c3ncccc3C(F)(F)F)nc2n1. The fourth-order valence-corrected chi connectivity index (χ4v) is 3.03. The Hall–Kier alpha value is -3.96. The van der Waals surface area contributed by atoms with Crippen LogP contribution in [0.2, 0.25) is 0 Å². The van der Waals surface area contributed by atoms with Gasteiger partial charge in [0.2, 0.25) is 0 Å². The minimum absolute atomic E-state index is 0.00698. The number of rotatable bonds is 4. The second-order valence-corrected chi connectivity index (χ2v) is 6.72. The monoisotopic (exact) mass is 465 g/mol. The molecule has 0 aliphatic carbocycles. The molecule has 0 aliphatic rings. The summed E-state index contributed by atoms with van der Waals surface area (Å²) in [5, 5.41) is 3.17. The molecule has 0 atom stereocenters. The Morgan fingerprint density at radius 1 is 0.818 bits per heavy atom. The molecule has 33 heavy (non-hydrogen) atoms. The molecule has 0 unspecified atom stereocenters. The topological polar surface area (TPSA) is 72.8 Å². The summed E-state index contributed by atoms with van der Waals surface area (Å²) in [6.45, 7) is 0. The summed E-state index contributed by atoms with van der Waals surface area (Å²) >= 11 is 0. The van der Waals surface area contributed by atoms with Gasteiger partial charge in [0, 0.05) is 11.9 Å². The van der Waals surface area contributed by atoms with Crippen LogP contribution in [0.4, 0.5) is 37.8 Å². The van der Waals surface area contributed by atoms with Crippen molar-refractivity contribution in [3.8, 4) is 17.4 Å². The van der Waals surface area contributed by atoms with Gasteiger partial charge in [0.25, 0.3) is 0 Å². The maximum atomic E-state index is 13.4. The Morgan fingerprint density at radius 2 is 1.55 bits per heavy atom. The summed E-state index contributed by atoms with van der Waals surface area (Å²) < 4.78 is 83.6. The number of halogens is 6. The molecular formula is C21H13F6N5O. The highest BCUT2D eigenvalue weighted by Gasteiger charge is 2.34. The largest absolute Gasteiger partial charge is 0.467 e. The van der Waals surface area contributed by atoms with Crippen LogP contribution < -0.4 is 10.1 Å². The molecule has 6 nitrogen and oxygen atoms in total. The van der Waals surface area contributed by atoms with Gasteiger partial charge in [-0.05, 0) is 48.5 Å². The molecule has 0 spiro atoms. The molecule has 0 bridgehead atoms. The van der Waals surface area contributed by atoms with Gasteiger partial charge in [0.05, 0.1) is 29.3 Å². The molecule has 0 radical (unpaired) electrons. The number of methoxy groups -OCH3 is 1. The number of anilines is 2. The van der Waals surface area contributed by atoms with Crippen LogP contribution in [0.15, 0.2) is 54.7 Å². The average molecular weight is 465 g/mol. The quantitative estimate of drug-likeness (QED) is 0.380. The van der Waals surface area contributed by atoms with Crippen LogP contribution in [0.25, 0.3) is 22.4 Å². The molecule has 0 saturated heterocycles. The number of nitrogens with one attached hydrogen (secondary N) is 1. The van der Waals surface area contributed by atoms with Gasteiger partial charge in [-0.3, -0.25) is 4.98 Å². The molecule has 0 saturated carbocycles. The highest BCUT2D eigenvalue weighted by atomic mass is 19.4. The zero-order valence-electron chi connectivity index (χ0n) is 16.7. The van der Waals surface area contributed by atoms with Crippen molar-refractivity contribution in [2.75, 3.05) is 12.4 Å². The summed E-state index contributed by atoms with van der Waals surface area (Å²) in [5.41, 5.74) is -1.93. The molecule has 1 aromatic carbocycles. The Morgan fingerprint density at radius 3 is 2.18 bits per heavy atom. The molecule has 0 aliphatic heterocycles. The molecule has 12 heteroatoms. The van der Waals surface area contributed by atoms with Crippen molar-refractivity contribution in [2.24, 2.45) is 0 Å². The summed E-state index contributed by atoms with van der Waals surface area (Å²) in [6.07, 6.45) is -7.90. The van der Waals surface area contributed by atoms with Crippen molar-refractivity contribution in [1.82, 2.24) is 19.9 Å². The van der Waals surface area contributed by atoms with Gasteiger partial charge >= 0.3 is 18.4 Å². The molecule has 170 valence electrons. The number of nitrogens with zero attached hydrogens (tertiary/aromatic N) is 4. The fraction of sp³-hybridized carbons (Fsp3) is 0.143. The summed E-state index contributed by atoms with van der Waals surface area (Å²) in [4.78, 5) is 16.2. The first-order chi connectivity index (χ1) is 15.6. The van der Waals surface area contributed by atoms with Gasteiger partial charge in [-0.25, -0.2) is 4.98 Å². The third-order valence-corrected chi connectivity index (χ3v) is 4.55. The van der Waals surface area contributed by atoms with Crippen LogP contribution in [-0.2, 0) is 12.4 Å². The minimum atomic E-state index is -4.64. The van der Waals surface area contributed by atoms with Crippen LogP contribution >= 0.6 is 0 Å². The molecule has 1 N–H and O–H groups in total. The van der Waals surface area contributed by atoms with E-state index in [1.165, 1.54) is 43.6 Å². The van der Waals surface area contributed by atoms with Crippen molar-refractivity contribution in [3.05, 3.63) is 65.9 Å². The molecule has 0 fully saturated rings. The standard InChI is InChI=1S/C21H13F6N5O/c1-33-19-31-17(29-12-6-4-11(5-7-12)20(22,23)24)13-8-9-15(30-18(13)32-19)16-14(21(25,26)27)3-2-10-28-16/h2-10H,1H3,(H,29,30,31,32). The Balaban J connectivity index is 1.77. The highest BCUT2D eigenvalue weighted by Crippen LogP contribution is 2.36. The molecule has 0 amide bonds. The zero-order chi connectivity index (χ0) is 23.8. The van der Waals surface area contributed by atoms with E-state index in [-0.39, 0.29) is 28.9 Å². The van der Waals surface area contributed by atoms with Crippen molar-refractivity contribution in [2.45, 2.75) is 12.4 Å². The van der Waals surface area contributed by atoms with Gasteiger partial charge in [-0.2, -0.15) is 36.3 Å². The normalized spacial score (nSPS) is 12.1. The number of hydrogen-bond acceptors (Lipinski definition) is 6. The molecule has 3 heterocycles. The summed E-state index contributed by atoms with van der Waals surface area (Å²) in [6, 6.07) is 8.93. The number of ether oxygens (including phenoxy) is 1. The lowest BCUT2D eigenvalue weighted by Gasteiger charge is -2.13. The van der Waals surface area contributed by atoms with E-state index in [1.807, 2.05) is 0 Å². The Bertz CT molecular complexity index is 1310. The van der Waals surface area contributed by atoms with Crippen molar-refractivity contribution >= 4 is 22.5 Å². The van der Waals surface area contributed by atoms with Gasteiger partial charge in [0.15, 0.2) is 5.65 Å². The minimum Gasteiger partial charge on any atom is -0.467 e. The van der Waals surface area contributed by atoms with Crippen LogP contribution in [0.1, 0.15) is 11.1 Å². The molecule has 4 rings (SSSR count). The number of hydrogen-bond donors (Lipinski definition) is 1. The highest BCUT2D eigenvalue weighted by molar-refractivity contribution is 5.90. The zero-order valence-corrected chi connectivity index (χ0v) is 16.7. The maximum absolute atomic E-state index is 13.4. The van der Waals surface area contributed by atoms with E-state index in [1.54, 1.807) is 0 Å². The fourth-order valence-electron chi connectivity index (χ4n) is 3.03. The number of benzene rings is 1. The van der Waals surface area contributed by atoms with Crippen LogP contribution in [0.3, 0.4) is 0 Å². The predicted octanol–water partition coefficient (Wildman–Crippen LogP) is 5.88. The predicted molar refractivity (Wildman–Crippen MR) is 107 cm³/mol. The number of fused-ring (bicyclic) bond motifs is 1. The lowest BCUT2D eigenvalue weighted by atomic mass is 10.1. The van der Waals surface area contributed by atoms with Gasteiger partial charge < -0.3 is 10.1 Å². The van der Waals surface area contributed by atoms with Crippen molar-refractivity contribution in [3.63, 3.8) is 0 Å². The number of pyridine rings is 2. The van der Waals surface area contributed by atoms with E-state index >= 15 is 0 Å². The van der Waals surface area contributed by atoms with E-state index in [4.69, 9.17) is 4.74 Å². The van der Waals surface area contributed by atoms with Gasteiger partial charge in [-0.1, -0.05) is 0 Å². The number of aromatic nitrogens is 4. The summed E-state index contributed by atoms with van der Waals surface area (Å²) in [7, 11) is 1.29. The van der Waals surface area contributed by atoms with Crippen molar-refractivity contribution in [1.29, 1.82) is 0 Å². The maximum Gasteiger partial charge on any atom is 0.418 e. The first-order valence-corrected chi connectivity index (χ1v) is 9.26. The van der Waals surface area contributed by atoms with Gasteiger partial charge in [0.1, 0.15) is 11.5 Å². The van der Waals surface area contributed by atoms with E-state index in [2.05, 4.69) is 25.3 Å². The second kappa shape index (κ2) is 8.19. The lowest BCUT2D eigenvalue weighted by molar-refractivity contribution is -0.138. The van der Waals surface area contributed by atoms with Crippen LogP contribution in [0.5, 0.6) is 6.01 Å². The van der Waals surface area contributed by atoms with Crippen LogP contribution in [-0.4, -0.2) is 27.0 Å². The third-order valence-electron chi connectivity index (χ3n) is 4.55.